The fourth-order valence-electron chi connectivity index (χ4n) is 3.00. The van der Waals surface area contributed by atoms with E-state index in [0.29, 0.717) is 18.2 Å². The van der Waals surface area contributed by atoms with Crippen LogP contribution in [-0.4, -0.2) is 51.2 Å². The molecule has 1 atom stereocenters. The first-order valence-corrected chi connectivity index (χ1v) is 7.77. The van der Waals surface area contributed by atoms with Crippen molar-refractivity contribution in [1.82, 2.24) is 24.9 Å². The van der Waals surface area contributed by atoms with Crippen molar-refractivity contribution >= 4 is 17.0 Å². The molecule has 1 unspecified atom stereocenters. The van der Waals surface area contributed by atoms with Crippen molar-refractivity contribution < 1.29 is 4.74 Å². The van der Waals surface area contributed by atoms with Crippen molar-refractivity contribution in [1.29, 1.82) is 0 Å². The highest BCUT2D eigenvalue weighted by Crippen LogP contribution is 2.23. The van der Waals surface area contributed by atoms with E-state index in [0.717, 1.165) is 43.1 Å². The van der Waals surface area contributed by atoms with Crippen molar-refractivity contribution in [3.63, 3.8) is 0 Å². The Kier molecular flexibility index (Phi) is 3.85. The summed E-state index contributed by atoms with van der Waals surface area (Å²) in [6.45, 7) is 3.12. The molecule has 118 valence electrons. The molecule has 3 aromatic heterocycles. The largest absolute Gasteiger partial charge is 0.379 e. The van der Waals surface area contributed by atoms with Gasteiger partial charge < -0.3 is 14.6 Å². The quantitative estimate of drug-likeness (QED) is 0.788. The SMILES string of the molecule is c1ccc(CC2COCCN(c3ncnc4nc[nH]c34)C2)nc1. The number of aromatic amines is 1. The monoisotopic (exact) mass is 310 g/mol. The number of anilines is 1. The van der Waals surface area contributed by atoms with Gasteiger partial charge in [-0.05, 0) is 18.6 Å². The van der Waals surface area contributed by atoms with Gasteiger partial charge >= 0.3 is 0 Å². The van der Waals surface area contributed by atoms with Crippen LogP contribution >= 0.6 is 0 Å². The molecule has 1 aliphatic heterocycles. The molecule has 0 bridgehead atoms. The molecular weight excluding hydrogens is 292 g/mol. The molecule has 23 heavy (non-hydrogen) atoms. The van der Waals surface area contributed by atoms with Crippen LogP contribution in [-0.2, 0) is 11.2 Å². The summed E-state index contributed by atoms with van der Waals surface area (Å²) >= 11 is 0. The maximum absolute atomic E-state index is 5.79. The normalized spacial score (nSPS) is 19.0. The standard InChI is InChI=1S/C16H18N6O/c1-2-4-17-13(3-1)7-12-8-22(5-6-23-9-12)16-14-15(19-10-18-14)20-11-21-16/h1-4,10-12H,5-9H2,(H,18,19,20,21). The summed E-state index contributed by atoms with van der Waals surface area (Å²) in [6.07, 6.45) is 5.96. The van der Waals surface area contributed by atoms with Gasteiger partial charge in [0.05, 0.1) is 19.5 Å². The number of aromatic nitrogens is 5. The number of hydrogen-bond donors (Lipinski definition) is 1. The third-order valence-electron chi connectivity index (χ3n) is 4.06. The maximum atomic E-state index is 5.79. The lowest BCUT2D eigenvalue weighted by atomic mass is 10.0. The van der Waals surface area contributed by atoms with Crippen molar-refractivity contribution in [3.8, 4) is 0 Å². The van der Waals surface area contributed by atoms with Crippen LogP contribution in [0.3, 0.4) is 0 Å². The van der Waals surface area contributed by atoms with E-state index >= 15 is 0 Å². The van der Waals surface area contributed by atoms with Crippen LogP contribution in [0.25, 0.3) is 11.2 Å². The number of ether oxygens (including phenoxy) is 1. The summed E-state index contributed by atoms with van der Waals surface area (Å²) in [5, 5.41) is 0. The Morgan fingerprint density at radius 3 is 3.13 bits per heavy atom. The zero-order chi connectivity index (χ0) is 15.5. The van der Waals surface area contributed by atoms with Gasteiger partial charge in [-0.1, -0.05) is 6.07 Å². The Hall–Kier alpha value is -2.54. The third kappa shape index (κ3) is 3.00. The third-order valence-corrected chi connectivity index (χ3v) is 4.06. The molecule has 0 radical (unpaired) electrons. The first-order valence-electron chi connectivity index (χ1n) is 7.77. The second-order valence-electron chi connectivity index (χ2n) is 5.71. The first kappa shape index (κ1) is 14.1. The lowest BCUT2D eigenvalue weighted by molar-refractivity contribution is 0.123. The van der Waals surface area contributed by atoms with E-state index in [-0.39, 0.29) is 0 Å². The first-order chi connectivity index (χ1) is 11.4. The molecule has 1 fully saturated rings. The van der Waals surface area contributed by atoms with Crippen LogP contribution < -0.4 is 4.90 Å². The number of hydrogen-bond acceptors (Lipinski definition) is 6. The van der Waals surface area contributed by atoms with Gasteiger partial charge in [-0.15, -0.1) is 0 Å². The van der Waals surface area contributed by atoms with Gasteiger partial charge in [0.2, 0.25) is 0 Å². The zero-order valence-corrected chi connectivity index (χ0v) is 12.7. The van der Waals surface area contributed by atoms with Gasteiger partial charge in [0, 0.05) is 30.9 Å². The predicted octanol–water partition coefficient (Wildman–Crippen LogP) is 1.44. The average molecular weight is 310 g/mol. The van der Waals surface area contributed by atoms with Gasteiger partial charge in [0.15, 0.2) is 11.5 Å². The highest BCUT2D eigenvalue weighted by atomic mass is 16.5. The molecule has 7 nitrogen and oxygen atoms in total. The van der Waals surface area contributed by atoms with Gasteiger partial charge in [0.1, 0.15) is 11.8 Å². The number of nitrogens with zero attached hydrogens (tertiary/aromatic N) is 5. The Morgan fingerprint density at radius 1 is 1.22 bits per heavy atom. The molecule has 1 N–H and O–H groups in total. The van der Waals surface area contributed by atoms with E-state index in [1.54, 1.807) is 12.7 Å². The predicted molar refractivity (Wildman–Crippen MR) is 86.1 cm³/mol. The topological polar surface area (TPSA) is 79.8 Å². The molecule has 1 saturated heterocycles. The van der Waals surface area contributed by atoms with Crippen molar-refractivity contribution in [2.75, 3.05) is 31.2 Å². The van der Waals surface area contributed by atoms with Crippen molar-refractivity contribution in [3.05, 3.63) is 42.7 Å². The lowest BCUT2D eigenvalue weighted by Gasteiger charge is -2.24. The summed E-state index contributed by atoms with van der Waals surface area (Å²) in [5.41, 5.74) is 2.67. The number of fused-ring (bicyclic) bond motifs is 1. The number of H-pyrrole nitrogens is 1. The maximum Gasteiger partial charge on any atom is 0.182 e. The minimum Gasteiger partial charge on any atom is -0.379 e. The molecular formula is C16H18N6O. The molecule has 4 heterocycles. The Bertz CT molecular complexity index is 774. The smallest absolute Gasteiger partial charge is 0.182 e. The molecule has 4 rings (SSSR count). The number of rotatable bonds is 3. The van der Waals surface area contributed by atoms with Crippen LogP contribution in [0.1, 0.15) is 5.69 Å². The summed E-state index contributed by atoms with van der Waals surface area (Å²) in [7, 11) is 0. The second kappa shape index (κ2) is 6.29. The Balaban J connectivity index is 1.57. The molecule has 1 aliphatic rings. The minimum absolute atomic E-state index is 0.375. The molecule has 0 saturated carbocycles. The highest BCUT2D eigenvalue weighted by molar-refractivity contribution is 5.82. The fourth-order valence-corrected chi connectivity index (χ4v) is 3.00. The van der Waals surface area contributed by atoms with E-state index in [1.807, 2.05) is 18.3 Å². The number of imidazole rings is 1. The summed E-state index contributed by atoms with van der Waals surface area (Å²) in [4.78, 5) is 22.7. The van der Waals surface area contributed by atoms with Crippen molar-refractivity contribution in [2.24, 2.45) is 5.92 Å². The van der Waals surface area contributed by atoms with E-state index in [4.69, 9.17) is 4.74 Å². The molecule has 0 spiro atoms. The van der Waals surface area contributed by atoms with Crippen molar-refractivity contribution in [2.45, 2.75) is 6.42 Å². The number of nitrogens with one attached hydrogen (secondary N) is 1. The fraction of sp³-hybridized carbons (Fsp3) is 0.375. The Labute approximate surface area is 133 Å². The summed E-state index contributed by atoms with van der Waals surface area (Å²) < 4.78 is 5.79. The molecule has 7 heteroatoms. The Morgan fingerprint density at radius 2 is 2.22 bits per heavy atom. The van der Waals surface area contributed by atoms with Gasteiger partial charge in [-0.2, -0.15) is 0 Å². The van der Waals surface area contributed by atoms with Crippen LogP contribution in [0.2, 0.25) is 0 Å². The van der Waals surface area contributed by atoms with Crippen LogP contribution in [0.15, 0.2) is 37.1 Å². The second-order valence-corrected chi connectivity index (χ2v) is 5.71. The van der Waals surface area contributed by atoms with Gasteiger partial charge in [-0.3, -0.25) is 4.98 Å². The zero-order valence-electron chi connectivity index (χ0n) is 12.7. The molecule has 0 aliphatic carbocycles. The number of pyridine rings is 1. The van der Waals surface area contributed by atoms with Crippen LogP contribution in [0.4, 0.5) is 5.82 Å². The van der Waals surface area contributed by atoms with Gasteiger partial charge in [0.25, 0.3) is 0 Å². The summed E-state index contributed by atoms with van der Waals surface area (Å²) in [5.74, 6) is 1.27. The average Bonchev–Trinajstić information content (AvgIpc) is 2.95. The van der Waals surface area contributed by atoms with Crippen LogP contribution in [0.5, 0.6) is 0 Å². The van der Waals surface area contributed by atoms with E-state index in [1.165, 1.54) is 0 Å². The summed E-state index contributed by atoms with van der Waals surface area (Å²) in [6, 6.07) is 6.03. The molecule has 3 aromatic rings. The van der Waals surface area contributed by atoms with E-state index in [9.17, 15) is 0 Å². The van der Waals surface area contributed by atoms with Gasteiger partial charge in [-0.25, -0.2) is 15.0 Å². The molecule has 0 amide bonds. The minimum atomic E-state index is 0.375. The van der Waals surface area contributed by atoms with E-state index in [2.05, 4.69) is 35.9 Å². The highest BCUT2D eigenvalue weighted by Gasteiger charge is 2.22. The van der Waals surface area contributed by atoms with Crippen LogP contribution in [0, 0.1) is 5.92 Å². The lowest BCUT2D eigenvalue weighted by Crippen LogP contribution is -2.31. The molecule has 0 aromatic carbocycles. The van der Waals surface area contributed by atoms with E-state index < -0.39 is 0 Å².